The van der Waals surface area contributed by atoms with E-state index in [-0.39, 0.29) is 13.0 Å². The molecule has 0 saturated heterocycles. The minimum absolute atomic E-state index is 0.0314. The van der Waals surface area contributed by atoms with Gasteiger partial charge >= 0.3 is 16.2 Å². The Bertz CT molecular complexity index is 600. The van der Waals surface area contributed by atoms with Crippen LogP contribution in [0.3, 0.4) is 0 Å². The molecular weight excluding hydrogens is 280 g/mol. The van der Waals surface area contributed by atoms with Crippen molar-refractivity contribution in [2.45, 2.75) is 19.3 Å². The summed E-state index contributed by atoms with van der Waals surface area (Å²) in [7, 11) is -2.26. The Morgan fingerprint density at radius 3 is 2.80 bits per heavy atom. The molecular formula is C13H18N2O4S. The lowest BCUT2D eigenvalue weighted by molar-refractivity contribution is -0.137. The number of aliphatic carboxylic acids is 1. The van der Waals surface area contributed by atoms with Gasteiger partial charge in [-0.2, -0.15) is 12.7 Å². The highest BCUT2D eigenvalue weighted by Crippen LogP contribution is 2.29. The summed E-state index contributed by atoms with van der Waals surface area (Å²) in [6, 6.07) is 7.42. The van der Waals surface area contributed by atoms with Crippen molar-refractivity contribution in [2.75, 3.05) is 24.4 Å². The first-order valence-corrected chi connectivity index (χ1v) is 7.86. The number of fused-ring (bicyclic) bond motifs is 1. The summed E-state index contributed by atoms with van der Waals surface area (Å²) < 4.78 is 27.5. The summed E-state index contributed by atoms with van der Waals surface area (Å²) in [4.78, 5) is 10.6. The van der Waals surface area contributed by atoms with Crippen molar-refractivity contribution in [3.8, 4) is 0 Å². The normalized spacial score (nSPS) is 15.2. The van der Waals surface area contributed by atoms with Gasteiger partial charge in [-0.3, -0.25) is 9.10 Å². The van der Waals surface area contributed by atoms with E-state index in [0.29, 0.717) is 12.2 Å². The van der Waals surface area contributed by atoms with Crippen LogP contribution in [0.1, 0.15) is 18.4 Å². The molecule has 0 aliphatic carbocycles. The first-order valence-electron chi connectivity index (χ1n) is 6.46. The van der Waals surface area contributed by atoms with Crippen LogP contribution in [-0.4, -0.2) is 43.9 Å². The molecule has 110 valence electrons. The number of carboxylic acids is 1. The number of hydrogen-bond acceptors (Lipinski definition) is 3. The van der Waals surface area contributed by atoms with Crippen LogP contribution in [0.25, 0.3) is 0 Å². The minimum Gasteiger partial charge on any atom is -0.481 e. The number of carboxylic acid groups (broad SMARTS) is 1. The van der Waals surface area contributed by atoms with Gasteiger partial charge in [-0.25, -0.2) is 0 Å². The van der Waals surface area contributed by atoms with Crippen molar-refractivity contribution in [1.29, 1.82) is 0 Å². The zero-order valence-corrected chi connectivity index (χ0v) is 12.1. The van der Waals surface area contributed by atoms with E-state index in [1.807, 2.05) is 18.2 Å². The van der Waals surface area contributed by atoms with E-state index in [2.05, 4.69) is 0 Å². The molecule has 0 bridgehead atoms. The van der Waals surface area contributed by atoms with Gasteiger partial charge in [-0.1, -0.05) is 18.2 Å². The highest BCUT2D eigenvalue weighted by molar-refractivity contribution is 7.90. The Morgan fingerprint density at radius 1 is 1.40 bits per heavy atom. The average molecular weight is 298 g/mol. The SMILES string of the molecule is CN(CCC(=O)O)S(=O)(=O)N1CCCc2ccccc21. The van der Waals surface area contributed by atoms with Crippen LogP contribution in [0, 0.1) is 0 Å². The van der Waals surface area contributed by atoms with E-state index < -0.39 is 16.2 Å². The van der Waals surface area contributed by atoms with Crippen LogP contribution in [0.4, 0.5) is 5.69 Å². The lowest BCUT2D eigenvalue weighted by atomic mass is 10.0. The van der Waals surface area contributed by atoms with Crippen molar-refractivity contribution in [1.82, 2.24) is 4.31 Å². The molecule has 1 aliphatic heterocycles. The molecule has 2 rings (SSSR count). The van der Waals surface area contributed by atoms with Crippen LogP contribution >= 0.6 is 0 Å². The van der Waals surface area contributed by atoms with E-state index in [0.717, 1.165) is 22.7 Å². The molecule has 0 radical (unpaired) electrons. The molecule has 1 aromatic rings. The van der Waals surface area contributed by atoms with Gasteiger partial charge in [0.05, 0.1) is 12.1 Å². The van der Waals surface area contributed by atoms with E-state index in [4.69, 9.17) is 5.11 Å². The van der Waals surface area contributed by atoms with Gasteiger partial charge in [0.1, 0.15) is 0 Å². The van der Waals surface area contributed by atoms with Gasteiger partial charge in [0.15, 0.2) is 0 Å². The third-order valence-corrected chi connectivity index (χ3v) is 5.29. The lowest BCUT2D eigenvalue weighted by Crippen LogP contribution is -2.45. The maximum Gasteiger partial charge on any atom is 0.304 e. The molecule has 1 heterocycles. The molecule has 20 heavy (non-hydrogen) atoms. The van der Waals surface area contributed by atoms with Gasteiger partial charge in [-0.05, 0) is 24.5 Å². The Balaban J connectivity index is 2.24. The molecule has 0 unspecified atom stereocenters. The van der Waals surface area contributed by atoms with Crippen molar-refractivity contribution >= 4 is 21.9 Å². The van der Waals surface area contributed by atoms with Crippen LogP contribution in [0.2, 0.25) is 0 Å². The number of hydrogen-bond donors (Lipinski definition) is 1. The molecule has 0 aromatic heterocycles. The number of benzene rings is 1. The lowest BCUT2D eigenvalue weighted by Gasteiger charge is -2.33. The smallest absolute Gasteiger partial charge is 0.304 e. The first kappa shape index (κ1) is 14.8. The third-order valence-electron chi connectivity index (χ3n) is 3.38. The molecule has 0 atom stereocenters. The molecule has 0 saturated carbocycles. The van der Waals surface area contributed by atoms with Crippen molar-refractivity contribution in [3.05, 3.63) is 29.8 Å². The second kappa shape index (κ2) is 5.80. The van der Waals surface area contributed by atoms with Crippen molar-refractivity contribution in [2.24, 2.45) is 0 Å². The van der Waals surface area contributed by atoms with E-state index in [9.17, 15) is 13.2 Å². The number of aryl methyl sites for hydroxylation is 1. The monoisotopic (exact) mass is 298 g/mol. The maximum absolute atomic E-state index is 12.5. The summed E-state index contributed by atoms with van der Waals surface area (Å²) >= 11 is 0. The summed E-state index contributed by atoms with van der Waals surface area (Å²) in [6.45, 7) is 0.396. The van der Waals surface area contributed by atoms with Crippen molar-refractivity contribution < 1.29 is 18.3 Å². The van der Waals surface area contributed by atoms with Gasteiger partial charge in [0.2, 0.25) is 0 Å². The molecule has 0 spiro atoms. The number of carbonyl (C=O) groups is 1. The van der Waals surface area contributed by atoms with Crippen LogP contribution in [0.5, 0.6) is 0 Å². The van der Waals surface area contributed by atoms with Gasteiger partial charge in [0, 0.05) is 20.1 Å². The van der Waals surface area contributed by atoms with Gasteiger partial charge in [-0.15, -0.1) is 0 Å². The van der Waals surface area contributed by atoms with Gasteiger partial charge < -0.3 is 5.11 Å². The second-order valence-electron chi connectivity index (χ2n) is 4.78. The average Bonchev–Trinajstić information content (AvgIpc) is 2.43. The molecule has 1 aromatic carbocycles. The number of para-hydroxylation sites is 1. The highest BCUT2D eigenvalue weighted by atomic mass is 32.2. The zero-order chi connectivity index (χ0) is 14.8. The predicted molar refractivity (Wildman–Crippen MR) is 75.9 cm³/mol. The standard InChI is InChI=1S/C13H18N2O4S/c1-14(10-8-13(16)17)20(18,19)15-9-4-6-11-5-2-3-7-12(11)15/h2-3,5,7H,4,6,8-10H2,1H3,(H,16,17). The van der Waals surface area contributed by atoms with Crippen LogP contribution in [0.15, 0.2) is 24.3 Å². The maximum atomic E-state index is 12.5. The largest absolute Gasteiger partial charge is 0.481 e. The Labute approximate surface area is 118 Å². The molecule has 1 N–H and O–H groups in total. The van der Waals surface area contributed by atoms with Crippen LogP contribution < -0.4 is 4.31 Å². The molecule has 6 nitrogen and oxygen atoms in total. The van der Waals surface area contributed by atoms with Gasteiger partial charge in [0.25, 0.3) is 0 Å². The number of anilines is 1. The number of rotatable bonds is 5. The fraction of sp³-hybridized carbons (Fsp3) is 0.462. The van der Waals surface area contributed by atoms with E-state index in [1.165, 1.54) is 11.4 Å². The molecule has 7 heteroatoms. The molecule has 0 amide bonds. The Hall–Kier alpha value is -1.60. The highest BCUT2D eigenvalue weighted by Gasteiger charge is 2.30. The summed E-state index contributed by atoms with van der Waals surface area (Å²) in [6.07, 6.45) is 1.43. The topological polar surface area (TPSA) is 77.9 Å². The molecule has 1 aliphatic rings. The summed E-state index contributed by atoms with van der Waals surface area (Å²) in [5.41, 5.74) is 1.70. The number of nitrogens with zero attached hydrogens (tertiary/aromatic N) is 2. The predicted octanol–water partition coefficient (Wildman–Crippen LogP) is 1.09. The first-order chi connectivity index (χ1) is 9.43. The second-order valence-corrected chi connectivity index (χ2v) is 6.74. The fourth-order valence-electron chi connectivity index (χ4n) is 2.28. The van der Waals surface area contributed by atoms with E-state index in [1.54, 1.807) is 6.07 Å². The fourth-order valence-corrected chi connectivity index (χ4v) is 3.72. The van der Waals surface area contributed by atoms with Crippen LogP contribution in [-0.2, 0) is 21.4 Å². The Morgan fingerprint density at radius 2 is 2.10 bits per heavy atom. The third kappa shape index (κ3) is 2.94. The minimum atomic E-state index is -3.67. The summed E-state index contributed by atoms with van der Waals surface area (Å²) in [5.74, 6) is -1.01. The van der Waals surface area contributed by atoms with Crippen molar-refractivity contribution in [3.63, 3.8) is 0 Å². The zero-order valence-electron chi connectivity index (χ0n) is 11.3. The quantitative estimate of drug-likeness (QED) is 0.882. The summed E-state index contributed by atoms with van der Waals surface area (Å²) in [5, 5.41) is 8.66. The Kier molecular flexibility index (Phi) is 4.29. The van der Waals surface area contributed by atoms with E-state index >= 15 is 0 Å². The molecule has 0 fully saturated rings.